The lowest BCUT2D eigenvalue weighted by atomic mass is 9.97. The fourth-order valence-electron chi connectivity index (χ4n) is 6.68. The summed E-state index contributed by atoms with van der Waals surface area (Å²) < 4.78 is 18.7. The number of aromatic nitrogens is 2. The molecule has 3 atom stereocenters. The summed E-state index contributed by atoms with van der Waals surface area (Å²) in [6.45, 7) is 15.8. The molecule has 0 radical (unpaired) electrons. The summed E-state index contributed by atoms with van der Waals surface area (Å²) in [6, 6.07) is 20.8. The third-order valence-corrected chi connectivity index (χ3v) is 14.1. The zero-order valence-corrected chi connectivity index (χ0v) is 30.4. The monoisotopic (exact) mass is 675 g/mol. The predicted octanol–water partition coefficient (Wildman–Crippen LogP) is 6.29. The lowest BCUT2D eigenvalue weighted by Crippen LogP contribution is -2.66. The highest BCUT2D eigenvalue weighted by atomic mass is 28.4. The number of carbonyl (C=O) groups is 2. The number of aryl methyl sites for hydroxylation is 2. The van der Waals surface area contributed by atoms with Crippen LogP contribution in [0.25, 0.3) is 0 Å². The van der Waals surface area contributed by atoms with Gasteiger partial charge in [0, 0.05) is 18.4 Å². The van der Waals surface area contributed by atoms with Gasteiger partial charge in [0.15, 0.2) is 11.9 Å². The number of nitrogens with zero attached hydrogens (tertiary/aromatic N) is 3. The first-order valence-corrected chi connectivity index (χ1v) is 18.6. The second kappa shape index (κ2) is 15.1. The summed E-state index contributed by atoms with van der Waals surface area (Å²) in [5, 5.41) is 14.2. The van der Waals surface area contributed by atoms with E-state index < -0.39 is 30.7 Å². The Morgan fingerprint density at radius 1 is 0.917 bits per heavy atom. The van der Waals surface area contributed by atoms with Crippen molar-refractivity contribution in [2.24, 2.45) is 17.3 Å². The molecule has 0 amide bonds. The number of esters is 1. The van der Waals surface area contributed by atoms with Gasteiger partial charge in [-0.1, -0.05) is 81.4 Å². The molecule has 0 N–H and O–H groups in total. The summed E-state index contributed by atoms with van der Waals surface area (Å²) in [7, 11) is -2.75. The van der Waals surface area contributed by atoms with Crippen LogP contribution < -0.4 is 15.1 Å². The number of Topliss-reactive ketones (excluding diaryl/α,β-unsaturated/α-hetero) is 1. The van der Waals surface area contributed by atoms with E-state index in [-0.39, 0.29) is 46.6 Å². The van der Waals surface area contributed by atoms with E-state index in [2.05, 4.69) is 79.3 Å². The molecule has 48 heavy (non-hydrogen) atoms. The van der Waals surface area contributed by atoms with Crippen molar-refractivity contribution in [1.82, 2.24) is 9.97 Å². The second-order valence-electron chi connectivity index (χ2n) is 14.7. The normalized spacial score (nSPS) is 18.5. The van der Waals surface area contributed by atoms with E-state index in [1.807, 2.05) is 12.1 Å². The lowest BCUT2D eigenvalue weighted by molar-refractivity contribution is -0.387. The maximum absolute atomic E-state index is 13.8. The van der Waals surface area contributed by atoms with E-state index in [0.29, 0.717) is 38.1 Å². The number of nitro groups is 1. The largest absolute Gasteiger partial charge is 0.465 e. The Hall–Kier alpha value is -3.96. The quantitative estimate of drug-likeness (QED) is 0.0674. The van der Waals surface area contributed by atoms with Crippen molar-refractivity contribution >= 4 is 36.1 Å². The molecule has 2 aromatic carbocycles. The van der Waals surface area contributed by atoms with Crippen molar-refractivity contribution in [3.63, 3.8) is 0 Å². The number of ketones is 1. The van der Waals surface area contributed by atoms with Gasteiger partial charge in [-0.3, -0.25) is 19.7 Å². The zero-order valence-electron chi connectivity index (χ0n) is 29.4. The standard InChI is InChI=1S/C37H49N3O7Si/c1-25-31(40(43)44)34(39-26(2)38-25)47-33-28(24-27(32(33)41)21-23-45-35(42)36(3,4)5)16-15-22-46-48(37(6,7)8,29-17-11-9-12-18-29)30-19-13-10-14-20-30/h9-14,17-20,27-28,33H,15-16,21-24H2,1-8H3/t27-,28-,33-/m0/s1. The minimum Gasteiger partial charge on any atom is -0.465 e. The molecular weight excluding hydrogens is 627 g/mol. The molecule has 258 valence electrons. The van der Waals surface area contributed by atoms with Crippen molar-refractivity contribution < 1.29 is 28.4 Å². The van der Waals surface area contributed by atoms with Gasteiger partial charge in [-0.25, -0.2) is 4.98 Å². The molecule has 3 aromatic rings. The number of benzene rings is 2. The highest BCUT2D eigenvalue weighted by molar-refractivity contribution is 6.99. The van der Waals surface area contributed by atoms with Crippen LogP contribution in [-0.2, 0) is 18.8 Å². The molecule has 0 unspecified atom stereocenters. The van der Waals surface area contributed by atoms with Crippen molar-refractivity contribution in [2.75, 3.05) is 13.2 Å². The highest BCUT2D eigenvalue weighted by Gasteiger charge is 2.50. The Balaban J connectivity index is 1.57. The first-order valence-electron chi connectivity index (χ1n) is 16.7. The molecule has 4 rings (SSSR count). The van der Waals surface area contributed by atoms with E-state index >= 15 is 0 Å². The Bertz CT molecular complexity index is 1550. The SMILES string of the molecule is Cc1nc(C)c([N+](=O)[O-])c(O[C@@H]2C(=O)[C@@H](CCOC(=O)C(C)(C)C)C[C@@H]2CCCO[Si](c2ccccc2)(c2ccccc2)C(C)(C)C)n1. The maximum Gasteiger partial charge on any atom is 0.351 e. The van der Waals surface area contributed by atoms with Gasteiger partial charge in [0.05, 0.1) is 16.9 Å². The van der Waals surface area contributed by atoms with Crippen molar-refractivity contribution in [3.05, 3.63) is 82.3 Å². The Labute approximate surface area is 284 Å². The predicted molar refractivity (Wildman–Crippen MR) is 187 cm³/mol. The first kappa shape index (κ1) is 36.9. The average molecular weight is 676 g/mol. The van der Waals surface area contributed by atoms with Gasteiger partial charge in [-0.15, -0.1) is 0 Å². The van der Waals surface area contributed by atoms with Crippen LogP contribution in [0.2, 0.25) is 5.04 Å². The van der Waals surface area contributed by atoms with Crippen LogP contribution in [0.4, 0.5) is 5.69 Å². The average Bonchev–Trinajstić information content (AvgIpc) is 3.29. The lowest BCUT2D eigenvalue weighted by Gasteiger charge is -2.43. The summed E-state index contributed by atoms with van der Waals surface area (Å²) in [4.78, 5) is 46.0. The molecule has 1 saturated carbocycles. The fourth-order valence-corrected chi connectivity index (χ4v) is 11.3. The molecule has 0 bridgehead atoms. The number of hydrogen-bond acceptors (Lipinski definition) is 9. The molecule has 1 fully saturated rings. The Kier molecular flexibility index (Phi) is 11.6. The molecule has 1 aromatic heterocycles. The van der Waals surface area contributed by atoms with E-state index in [1.165, 1.54) is 17.3 Å². The molecular formula is C37H49N3O7Si. The molecule has 1 heterocycles. The van der Waals surface area contributed by atoms with Gasteiger partial charge in [0.25, 0.3) is 14.2 Å². The molecule has 0 aliphatic heterocycles. The van der Waals surface area contributed by atoms with Crippen molar-refractivity contribution in [2.45, 2.75) is 92.2 Å². The third-order valence-electron chi connectivity index (χ3n) is 9.02. The van der Waals surface area contributed by atoms with Crippen LogP contribution in [0.3, 0.4) is 0 Å². The van der Waals surface area contributed by atoms with Crippen LogP contribution in [0.5, 0.6) is 5.88 Å². The highest BCUT2D eigenvalue weighted by Crippen LogP contribution is 2.40. The summed E-state index contributed by atoms with van der Waals surface area (Å²) in [5.74, 6) is -1.04. The smallest absolute Gasteiger partial charge is 0.351 e. The van der Waals surface area contributed by atoms with Crippen LogP contribution >= 0.6 is 0 Å². The van der Waals surface area contributed by atoms with Gasteiger partial charge in [0.2, 0.25) is 0 Å². The van der Waals surface area contributed by atoms with Gasteiger partial charge in [-0.05, 0) is 75.7 Å². The van der Waals surface area contributed by atoms with Gasteiger partial charge < -0.3 is 13.9 Å². The summed E-state index contributed by atoms with van der Waals surface area (Å²) in [5.41, 5.74) is -0.820. The van der Waals surface area contributed by atoms with Crippen molar-refractivity contribution in [3.8, 4) is 5.88 Å². The first-order chi connectivity index (χ1) is 22.6. The second-order valence-corrected chi connectivity index (χ2v) is 19.0. The van der Waals surface area contributed by atoms with Gasteiger partial charge in [-0.2, -0.15) is 4.98 Å². The van der Waals surface area contributed by atoms with Crippen LogP contribution in [0.15, 0.2) is 60.7 Å². The topological polar surface area (TPSA) is 131 Å². The number of hydrogen-bond donors (Lipinski definition) is 0. The minimum absolute atomic E-state index is 0.106. The maximum atomic E-state index is 13.8. The van der Waals surface area contributed by atoms with Crippen LogP contribution in [-0.4, -0.2) is 54.3 Å². The molecule has 10 nitrogen and oxygen atoms in total. The molecule has 0 spiro atoms. The Morgan fingerprint density at radius 2 is 1.50 bits per heavy atom. The van der Waals surface area contributed by atoms with E-state index in [1.54, 1.807) is 27.7 Å². The number of rotatable bonds is 13. The van der Waals surface area contributed by atoms with Crippen molar-refractivity contribution in [1.29, 1.82) is 0 Å². The van der Waals surface area contributed by atoms with Gasteiger partial charge >= 0.3 is 11.7 Å². The zero-order chi connectivity index (χ0) is 35.3. The summed E-state index contributed by atoms with van der Waals surface area (Å²) >= 11 is 0. The molecule has 0 saturated heterocycles. The third kappa shape index (κ3) is 8.18. The molecule has 1 aliphatic rings. The number of carbonyl (C=O) groups excluding carboxylic acids is 2. The van der Waals surface area contributed by atoms with E-state index in [0.717, 1.165) is 0 Å². The van der Waals surface area contributed by atoms with E-state index in [9.17, 15) is 19.7 Å². The minimum atomic E-state index is -2.75. The number of ether oxygens (including phenoxy) is 2. The van der Waals surface area contributed by atoms with Crippen LogP contribution in [0, 0.1) is 41.2 Å². The molecule has 1 aliphatic carbocycles. The molecule has 11 heteroatoms. The fraction of sp³-hybridized carbons (Fsp3) is 0.514. The van der Waals surface area contributed by atoms with E-state index in [4.69, 9.17) is 13.9 Å². The van der Waals surface area contributed by atoms with Gasteiger partial charge in [0.1, 0.15) is 11.5 Å². The Morgan fingerprint density at radius 3 is 2.02 bits per heavy atom. The summed E-state index contributed by atoms with van der Waals surface area (Å²) in [6.07, 6.45) is 1.17. The van der Waals surface area contributed by atoms with Crippen LogP contribution in [0.1, 0.15) is 78.7 Å².